The molecule has 0 saturated carbocycles. The Morgan fingerprint density at radius 1 is 1.19 bits per heavy atom. The number of rotatable bonds is 8. The Labute approximate surface area is 160 Å². The Hall–Kier alpha value is -2.94. The molecule has 27 heavy (non-hydrogen) atoms. The fourth-order valence-corrected chi connectivity index (χ4v) is 3.30. The molecule has 0 radical (unpaired) electrons. The summed E-state index contributed by atoms with van der Waals surface area (Å²) in [6.07, 6.45) is 0.291. The fourth-order valence-electron chi connectivity index (χ4n) is 2.36. The molecular weight excluding hydrogens is 368 g/mol. The van der Waals surface area contributed by atoms with Crippen LogP contribution in [0.1, 0.15) is 27.3 Å². The van der Waals surface area contributed by atoms with Crippen LogP contribution in [0.25, 0.3) is 0 Å². The lowest BCUT2D eigenvalue weighted by atomic mass is 10.3. The zero-order valence-electron chi connectivity index (χ0n) is 15.3. The molecule has 0 spiro atoms. The minimum atomic E-state index is -0.115. The molecule has 2 heterocycles. The van der Waals surface area contributed by atoms with Crippen molar-refractivity contribution in [2.45, 2.75) is 33.4 Å². The highest BCUT2D eigenvalue weighted by molar-refractivity contribution is 7.11. The van der Waals surface area contributed by atoms with E-state index in [0.717, 1.165) is 21.3 Å². The molecular formula is C18H20N4O4S. The van der Waals surface area contributed by atoms with Gasteiger partial charge in [0.25, 0.3) is 0 Å². The van der Waals surface area contributed by atoms with E-state index in [-0.39, 0.29) is 19.1 Å². The van der Waals surface area contributed by atoms with E-state index in [2.05, 4.69) is 20.4 Å². The normalized spacial score (nSPS) is 10.6. The van der Waals surface area contributed by atoms with Crippen LogP contribution >= 0.6 is 11.3 Å². The summed E-state index contributed by atoms with van der Waals surface area (Å²) in [6, 6.07) is 7.20. The van der Waals surface area contributed by atoms with Crippen LogP contribution in [-0.4, -0.2) is 28.1 Å². The highest BCUT2D eigenvalue weighted by Gasteiger charge is 2.12. The molecule has 1 amide bonds. The van der Waals surface area contributed by atoms with Crippen molar-refractivity contribution in [3.63, 3.8) is 0 Å². The first-order valence-electron chi connectivity index (χ1n) is 8.31. The van der Waals surface area contributed by atoms with Crippen molar-refractivity contribution in [2.75, 3.05) is 7.11 Å². The van der Waals surface area contributed by atoms with Gasteiger partial charge in [-0.25, -0.2) is 4.98 Å². The molecule has 0 unspecified atom stereocenters. The Kier molecular flexibility index (Phi) is 6.02. The Bertz CT molecular complexity index is 904. The second-order valence-electron chi connectivity index (χ2n) is 5.76. The maximum Gasteiger partial charge on any atom is 0.246 e. The summed E-state index contributed by atoms with van der Waals surface area (Å²) in [7, 11) is 1.61. The molecule has 0 atom stereocenters. The third-order valence-corrected chi connectivity index (χ3v) is 4.77. The fraction of sp³-hybridized carbons (Fsp3) is 0.333. The van der Waals surface area contributed by atoms with Gasteiger partial charge in [-0.15, -0.1) is 11.3 Å². The number of ether oxygens (including phenoxy) is 2. The third kappa shape index (κ3) is 5.27. The molecule has 0 bridgehead atoms. The van der Waals surface area contributed by atoms with Gasteiger partial charge in [0, 0.05) is 4.88 Å². The number of aryl methyl sites for hydroxylation is 2. The quantitative estimate of drug-likeness (QED) is 0.633. The number of carbonyl (C=O) groups is 1. The summed E-state index contributed by atoms with van der Waals surface area (Å²) >= 11 is 1.53. The third-order valence-electron chi connectivity index (χ3n) is 3.70. The molecule has 1 aromatic carbocycles. The van der Waals surface area contributed by atoms with Gasteiger partial charge in [-0.1, -0.05) is 5.16 Å². The number of benzene rings is 1. The van der Waals surface area contributed by atoms with Crippen molar-refractivity contribution >= 4 is 17.2 Å². The van der Waals surface area contributed by atoms with Crippen LogP contribution in [0.15, 0.2) is 28.8 Å². The van der Waals surface area contributed by atoms with Gasteiger partial charge in [0.1, 0.15) is 11.5 Å². The largest absolute Gasteiger partial charge is 0.497 e. The number of nitrogens with one attached hydrogen (secondary N) is 1. The lowest BCUT2D eigenvalue weighted by Gasteiger charge is -2.04. The van der Waals surface area contributed by atoms with Crippen LogP contribution in [0.4, 0.5) is 0 Å². The van der Waals surface area contributed by atoms with E-state index in [1.54, 1.807) is 31.4 Å². The van der Waals surface area contributed by atoms with Crippen LogP contribution in [0.5, 0.6) is 11.5 Å². The molecule has 0 aliphatic carbocycles. The number of methoxy groups -OCH3 is 1. The summed E-state index contributed by atoms with van der Waals surface area (Å²) in [5, 5.41) is 7.57. The molecule has 3 aromatic rings. The number of hydrogen-bond donors (Lipinski definition) is 1. The first-order valence-corrected chi connectivity index (χ1v) is 9.13. The number of aromatic nitrogens is 3. The molecule has 8 nitrogen and oxygen atoms in total. The van der Waals surface area contributed by atoms with Crippen LogP contribution < -0.4 is 14.8 Å². The van der Waals surface area contributed by atoms with E-state index in [1.165, 1.54) is 11.3 Å². The molecule has 0 saturated heterocycles. The van der Waals surface area contributed by atoms with Gasteiger partial charge in [0.05, 0.1) is 30.8 Å². The monoisotopic (exact) mass is 388 g/mol. The van der Waals surface area contributed by atoms with Crippen molar-refractivity contribution in [3.8, 4) is 11.5 Å². The van der Waals surface area contributed by atoms with Crippen LogP contribution in [0.2, 0.25) is 0 Å². The summed E-state index contributed by atoms with van der Waals surface area (Å²) in [6.45, 7) is 4.17. The number of carbonyl (C=O) groups excluding carboxylic acids is 1. The zero-order chi connectivity index (χ0) is 19.2. The second kappa shape index (κ2) is 8.63. The summed E-state index contributed by atoms with van der Waals surface area (Å²) < 4.78 is 15.8. The molecule has 0 aliphatic heterocycles. The minimum Gasteiger partial charge on any atom is -0.497 e. The smallest absolute Gasteiger partial charge is 0.246 e. The highest BCUT2D eigenvalue weighted by Crippen LogP contribution is 2.18. The predicted octanol–water partition coefficient (Wildman–Crippen LogP) is 2.59. The summed E-state index contributed by atoms with van der Waals surface area (Å²) in [5.41, 5.74) is 0.892. The average molecular weight is 388 g/mol. The molecule has 142 valence electrons. The standard InChI is InChI=1S/C18H20N4O4S/c1-11-15(27-12(2)20-11)8-17(23)19-9-18-21-16(22-26-18)10-25-14-6-4-13(24-3)5-7-14/h4-7H,8-10H2,1-3H3,(H,19,23). The van der Waals surface area contributed by atoms with Crippen LogP contribution in [0.3, 0.4) is 0 Å². The second-order valence-corrected chi connectivity index (χ2v) is 7.05. The predicted molar refractivity (Wildman–Crippen MR) is 98.8 cm³/mol. The van der Waals surface area contributed by atoms with Gasteiger partial charge in [-0.3, -0.25) is 4.79 Å². The Morgan fingerprint density at radius 2 is 1.93 bits per heavy atom. The first-order chi connectivity index (χ1) is 13.0. The van der Waals surface area contributed by atoms with Crippen molar-refractivity contribution in [2.24, 2.45) is 0 Å². The number of nitrogens with zero attached hydrogens (tertiary/aromatic N) is 3. The van der Waals surface area contributed by atoms with Gasteiger partial charge in [0.15, 0.2) is 6.61 Å². The van der Waals surface area contributed by atoms with E-state index < -0.39 is 0 Å². The molecule has 2 aromatic heterocycles. The molecule has 0 fully saturated rings. The first kappa shape index (κ1) is 18.8. The van der Waals surface area contributed by atoms with Gasteiger partial charge < -0.3 is 19.3 Å². The number of hydrogen-bond acceptors (Lipinski definition) is 8. The lowest BCUT2D eigenvalue weighted by molar-refractivity contribution is -0.120. The minimum absolute atomic E-state index is 0.115. The van der Waals surface area contributed by atoms with E-state index in [9.17, 15) is 4.79 Å². The van der Waals surface area contributed by atoms with Crippen LogP contribution in [0, 0.1) is 13.8 Å². The maximum atomic E-state index is 12.1. The van der Waals surface area contributed by atoms with Crippen LogP contribution in [-0.2, 0) is 24.4 Å². The van der Waals surface area contributed by atoms with Crippen molar-refractivity contribution < 1.29 is 18.8 Å². The van der Waals surface area contributed by atoms with E-state index in [0.29, 0.717) is 23.9 Å². The Balaban J connectivity index is 1.45. The lowest BCUT2D eigenvalue weighted by Crippen LogP contribution is -2.24. The molecule has 0 aliphatic rings. The summed E-state index contributed by atoms with van der Waals surface area (Å²) in [5.74, 6) is 2.04. The van der Waals surface area contributed by atoms with Gasteiger partial charge >= 0.3 is 0 Å². The molecule has 1 N–H and O–H groups in total. The van der Waals surface area contributed by atoms with Gasteiger partial charge in [0.2, 0.25) is 17.6 Å². The topological polar surface area (TPSA) is 99.4 Å². The SMILES string of the molecule is COc1ccc(OCc2noc(CNC(=O)Cc3sc(C)nc3C)n2)cc1. The number of amides is 1. The maximum absolute atomic E-state index is 12.1. The Morgan fingerprint density at radius 3 is 2.59 bits per heavy atom. The molecule has 9 heteroatoms. The summed E-state index contributed by atoms with van der Waals surface area (Å²) in [4.78, 5) is 21.5. The van der Waals surface area contributed by atoms with Crippen molar-refractivity contribution in [1.29, 1.82) is 0 Å². The molecule has 3 rings (SSSR count). The zero-order valence-corrected chi connectivity index (χ0v) is 16.1. The van der Waals surface area contributed by atoms with E-state index >= 15 is 0 Å². The van der Waals surface area contributed by atoms with Crippen molar-refractivity contribution in [3.05, 3.63) is 51.6 Å². The number of thiazole rings is 1. The van der Waals surface area contributed by atoms with Gasteiger partial charge in [-0.2, -0.15) is 4.98 Å². The van der Waals surface area contributed by atoms with Crippen molar-refractivity contribution in [1.82, 2.24) is 20.4 Å². The van der Waals surface area contributed by atoms with E-state index in [4.69, 9.17) is 14.0 Å². The van der Waals surface area contributed by atoms with Gasteiger partial charge in [-0.05, 0) is 38.1 Å². The van der Waals surface area contributed by atoms with E-state index in [1.807, 2.05) is 13.8 Å². The highest BCUT2D eigenvalue weighted by atomic mass is 32.1. The average Bonchev–Trinajstić information content (AvgIpc) is 3.24.